The van der Waals surface area contributed by atoms with Crippen molar-refractivity contribution in [1.29, 1.82) is 0 Å². The zero-order valence-electron chi connectivity index (χ0n) is 20.3. The van der Waals surface area contributed by atoms with Crippen molar-refractivity contribution in [2.24, 2.45) is 0 Å². The van der Waals surface area contributed by atoms with E-state index in [0.717, 1.165) is 44.1 Å². The molecule has 0 aromatic heterocycles. The average molecular weight is 486 g/mol. The molecule has 0 spiro atoms. The van der Waals surface area contributed by atoms with Gasteiger partial charge < -0.3 is 24.9 Å². The first-order valence-corrected chi connectivity index (χ1v) is 12.1. The van der Waals surface area contributed by atoms with Crippen LogP contribution < -0.4 is 0 Å². The largest absolute Gasteiger partial charge is 0.508 e. The van der Waals surface area contributed by atoms with Crippen LogP contribution in [0.1, 0.15) is 36.8 Å². The van der Waals surface area contributed by atoms with Gasteiger partial charge in [-0.05, 0) is 80.9 Å². The van der Waals surface area contributed by atoms with Gasteiger partial charge >= 0.3 is 6.03 Å². The first kappa shape index (κ1) is 25.1. The van der Waals surface area contributed by atoms with Gasteiger partial charge in [-0.25, -0.2) is 13.6 Å². The van der Waals surface area contributed by atoms with Crippen LogP contribution in [-0.2, 0) is 5.54 Å². The highest BCUT2D eigenvalue weighted by Gasteiger charge is 2.44. The van der Waals surface area contributed by atoms with Gasteiger partial charge in [0.25, 0.3) is 0 Å². The number of phenols is 1. The maximum absolute atomic E-state index is 14.7. The molecule has 0 bridgehead atoms. The van der Waals surface area contributed by atoms with Crippen LogP contribution in [0.5, 0.6) is 5.75 Å². The SMILES string of the molecule is CN1CCC(N(C)C(=O)N2CCC(c3cc(F)ccc3F)=CC2(CCO)c2cccc(O)c2)CC1. The Morgan fingerprint density at radius 3 is 2.57 bits per heavy atom. The molecule has 2 aromatic rings. The molecule has 2 aromatic carbocycles. The Hall–Kier alpha value is -2.97. The van der Waals surface area contributed by atoms with Gasteiger partial charge in [0, 0.05) is 38.2 Å². The summed E-state index contributed by atoms with van der Waals surface area (Å²) in [6.07, 6.45) is 3.96. The molecule has 188 valence electrons. The van der Waals surface area contributed by atoms with Gasteiger partial charge in [0.2, 0.25) is 0 Å². The average Bonchev–Trinajstić information content (AvgIpc) is 2.85. The molecule has 1 unspecified atom stereocenters. The fraction of sp³-hybridized carbons (Fsp3) is 0.444. The molecule has 0 aliphatic carbocycles. The molecule has 0 radical (unpaired) electrons. The smallest absolute Gasteiger partial charge is 0.320 e. The molecule has 2 amide bonds. The Labute approximate surface area is 205 Å². The van der Waals surface area contributed by atoms with Crippen molar-refractivity contribution in [1.82, 2.24) is 14.7 Å². The van der Waals surface area contributed by atoms with E-state index in [1.807, 2.05) is 0 Å². The second-order valence-electron chi connectivity index (χ2n) is 9.57. The van der Waals surface area contributed by atoms with Crippen LogP contribution in [-0.4, -0.2) is 77.3 Å². The third kappa shape index (κ3) is 5.04. The standard InChI is InChI=1S/C27H33F2N3O3/c1-30-12-9-22(10-13-30)31(2)26(35)32-14-8-19(24-17-21(28)6-7-25(24)29)18-27(32,11-15-33)20-4-3-5-23(34)16-20/h3-7,16-18,22,33-34H,8-15H2,1-2H3. The first-order valence-electron chi connectivity index (χ1n) is 12.1. The maximum atomic E-state index is 14.7. The van der Waals surface area contributed by atoms with Crippen molar-refractivity contribution in [2.75, 3.05) is 40.3 Å². The van der Waals surface area contributed by atoms with E-state index in [2.05, 4.69) is 11.9 Å². The Morgan fingerprint density at radius 2 is 1.89 bits per heavy atom. The normalized spacial score (nSPS) is 21.6. The van der Waals surface area contributed by atoms with Crippen LogP contribution >= 0.6 is 0 Å². The molecule has 8 heteroatoms. The Balaban J connectivity index is 1.80. The molecule has 2 aliphatic rings. The monoisotopic (exact) mass is 485 g/mol. The third-order valence-corrected chi connectivity index (χ3v) is 7.38. The Kier molecular flexibility index (Phi) is 7.42. The van der Waals surface area contributed by atoms with E-state index >= 15 is 0 Å². The number of phenolic OH excluding ortho intramolecular Hbond substituents is 1. The number of likely N-dealkylation sites (tertiary alicyclic amines) is 1. The zero-order chi connectivity index (χ0) is 25.2. The number of carbonyl (C=O) groups is 1. The second-order valence-corrected chi connectivity index (χ2v) is 9.57. The quantitative estimate of drug-likeness (QED) is 0.667. The van der Waals surface area contributed by atoms with Crippen LogP contribution in [0.3, 0.4) is 0 Å². The highest BCUT2D eigenvalue weighted by molar-refractivity contribution is 5.79. The minimum atomic E-state index is -1.14. The Morgan fingerprint density at radius 1 is 1.14 bits per heavy atom. The third-order valence-electron chi connectivity index (χ3n) is 7.38. The van der Waals surface area contributed by atoms with E-state index in [-0.39, 0.29) is 43.0 Å². The summed E-state index contributed by atoms with van der Waals surface area (Å²) in [6.45, 7) is 1.82. The molecule has 6 nitrogen and oxygen atoms in total. The highest BCUT2D eigenvalue weighted by Crippen LogP contribution is 2.43. The lowest BCUT2D eigenvalue weighted by atomic mass is 9.78. The summed E-state index contributed by atoms with van der Waals surface area (Å²) in [5, 5.41) is 20.3. The van der Waals surface area contributed by atoms with Gasteiger partial charge in [-0.15, -0.1) is 0 Å². The van der Waals surface area contributed by atoms with E-state index in [1.165, 1.54) is 6.07 Å². The van der Waals surface area contributed by atoms with Gasteiger partial charge in [-0.2, -0.15) is 0 Å². The number of aliphatic hydroxyl groups excluding tert-OH is 1. The number of hydrogen-bond donors (Lipinski definition) is 2. The molecular weight excluding hydrogens is 452 g/mol. The lowest BCUT2D eigenvalue weighted by molar-refractivity contribution is 0.0722. The number of aromatic hydroxyl groups is 1. The van der Waals surface area contributed by atoms with Crippen LogP contribution in [0, 0.1) is 11.6 Å². The molecule has 2 N–H and O–H groups in total. The van der Waals surface area contributed by atoms with E-state index in [1.54, 1.807) is 41.1 Å². The number of benzene rings is 2. The van der Waals surface area contributed by atoms with E-state index in [0.29, 0.717) is 17.6 Å². The topological polar surface area (TPSA) is 67.2 Å². The lowest BCUT2D eigenvalue weighted by Crippen LogP contribution is -2.57. The van der Waals surface area contributed by atoms with Gasteiger partial charge in [0.05, 0.1) is 5.54 Å². The second kappa shape index (κ2) is 10.3. The van der Waals surface area contributed by atoms with Crippen LogP contribution in [0.25, 0.3) is 5.57 Å². The summed E-state index contributed by atoms with van der Waals surface area (Å²) in [5.74, 6) is -1.07. The summed E-state index contributed by atoms with van der Waals surface area (Å²) in [6, 6.07) is 9.79. The van der Waals surface area contributed by atoms with Crippen molar-refractivity contribution in [3.8, 4) is 5.75 Å². The lowest BCUT2D eigenvalue weighted by Gasteiger charge is -2.48. The predicted molar refractivity (Wildman–Crippen MR) is 131 cm³/mol. The fourth-order valence-electron chi connectivity index (χ4n) is 5.36. The number of carbonyl (C=O) groups excluding carboxylic acids is 1. The van der Waals surface area contributed by atoms with Crippen molar-refractivity contribution in [3.05, 3.63) is 71.3 Å². The highest BCUT2D eigenvalue weighted by atomic mass is 19.1. The molecular formula is C27H33F2N3O3. The Bertz CT molecular complexity index is 1100. The molecule has 35 heavy (non-hydrogen) atoms. The maximum Gasteiger partial charge on any atom is 0.320 e. The number of rotatable bonds is 5. The molecule has 1 fully saturated rings. The fourth-order valence-corrected chi connectivity index (χ4v) is 5.36. The number of halogens is 2. The van der Waals surface area contributed by atoms with Crippen LogP contribution in [0.4, 0.5) is 13.6 Å². The molecule has 1 atom stereocenters. The van der Waals surface area contributed by atoms with Gasteiger partial charge in [0.15, 0.2) is 0 Å². The molecule has 1 saturated heterocycles. The number of nitrogens with zero attached hydrogens (tertiary/aromatic N) is 3. The van der Waals surface area contributed by atoms with Crippen molar-refractivity contribution < 1.29 is 23.8 Å². The van der Waals surface area contributed by atoms with E-state index in [9.17, 15) is 23.8 Å². The number of urea groups is 1. The summed E-state index contributed by atoms with van der Waals surface area (Å²) in [7, 11) is 3.87. The first-order chi connectivity index (χ1) is 16.7. The van der Waals surface area contributed by atoms with Crippen LogP contribution in [0.2, 0.25) is 0 Å². The van der Waals surface area contributed by atoms with Gasteiger partial charge in [0.1, 0.15) is 17.4 Å². The van der Waals surface area contributed by atoms with E-state index in [4.69, 9.17) is 0 Å². The summed E-state index contributed by atoms with van der Waals surface area (Å²) < 4.78 is 28.7. The van der Waals surface area contributed by atoms with Crippen molar-refractivity contribution in [2.45, 2.75) is 37.3 Å². The predicted octanol–water partition coefficient (Wildman–Crippen LogP) is 4.18. The summed E-state index contributed by atoms with van der Waals surface area (Å²) >= 11 is 0. The molecule has 4 rings (SSSR count). The number of piperidine rings is 1. The molecule has 0 saturated carbocycles. The van der Waals surface area contributed by atoms with Crippen molar-refractivity contribution in [3.63, 3.8) is 0 Å². The number of aliphatic hydroxyl groups is 1. The summed E-state index contributed by atoms with van der Waals surface area (Å²) in [4.78, 5) is 19.6. The number of amides is 2. The molecule has 2 aliphatic heterocycles. The number of hydrogen-bond acceptors (Lipinski definition) is 4. The minimum Gasteiger partial charge on any atom is -0.508 e. The van der Waals surface area contributed by atoms with Crippen LogP contribution in [0.15, 0.2) is 48.5 Å². The minimum absolute atomic E-state index is 0.0216. The van der Waals surface area contributed by atoms with Gasteiger partial charge in [-0.3, -0.25) is 0 Å². The van der Waals surface area contributed by atoms with E-state index < -0.39 is 17.2 Å². The zero-order valence-corrected chi connectivity index (χ0v) is 20.3. The molecule has 2 heterocycles. The van der Waals surface area contributed by atoms with Crippen molar-refractivity contribution >= 4 is 11.6 Å². The summed E-state index contributed by atoms with van der Waals surface area (Å²) in [5.41, 5.74) is 0.162. The van der Waals surface area contributed by atoms with Gasteiger partial charge in [-0.1, -0.05) is 18.2 Å².